The van der Waals surface area contributed by atoms with Gasteiger partial charge in [-0.15, -0.1) is 0 Å². The van der Waals surface area contributed by atoms with Crippen molar-refractivity contribution in [2.45, 2.75) is 19.7 Å². The number of nitrogens with zero attached hydrogens (tertiary/aromatic N) is 1. The van der Waals surface area contributed by atoms with Crippen LogP contribution in [0.25, 0.3) is 0 Å². The highest BCUT2D eigenvalue weighted by molar-refractivity contribution is 5.47. The summed E-state index contributed by atoms with van der Waals surface area (Å²) in [6, 6.07) is 9.55. The molecule has 3 nitrogen and oxygen atoms in total. The van der Waals surface area contributed by atoms with Crippen molar-refractivity contribution in [3.05, 3.63) is 35.9 Å². The average Bonchev–Trinajstić information content (AvgIpc) is 2.15. The predicted molar refractivity (Wildman–Crippen MR) is 49.7 cm³/mol. The van der Waals surface area contributed by atoms with Crippen LogP contribution in [0.5, 0.6) is 0 Å². The van der Waals surface area contributed by atoms with Crippen LogP contribution in [0.3, 0.4) is 0 Å². The van der Waals surface area contributed by atoms with E-state index in [-0.39, 0.29) is 0 Å². The second kappa shape index (κ2) is 4.62. The van der Waals surface area contributed by atoms with E-state index in [9.17, 15) is 4.79 Å². The highest BCUT2D eigenvalue weighted by Crippen LogP contribution is 2.04. The number of amides is 1. The molecule has 0 aliphatic heterocycles. The summed E-state index contributed by atoms with van der Waals surface area (Å²) in [7, 11) is 0. The largest absolute Gasteiger partial charge is 0.374 e. The lowest BCUT2D eigenvalue weighted by Crippen LogP contribution is -2.30. The fraction of sp³-hybridized carbons (Fsp3) is 0.300. The molecule has 0 saturated carbocycles. The number of carbonyl (C=O) groups excluding carboxylic acids is 1. The summed E-state index contributed by atoms with van der Waals surface area (Å²) in [5, 5.41) is 9.17. The summed E-state index contributed by atoms with van der Waals surface area (Å²) in [5.74, 6) is 0. The maximum Gasteiger partial charge on any atom is 0.212 e. The first-order chi connectivity index (χ1) is 6.24. The molecule has 0 fully saturated rings. The monoisotopic (exact) mass is 179 g/mol. The van der Waals surface area contributed by atoms with Gasteiger partial charge in [0.15, 0.2) is 0 Å². The van der Waals surface area contributed by atoms with Crippen LogP contribution in [0.15, 0.2) is 30.3 Å². The molecular weight excluding hydrogens is 166 g/mol. The quantitative estimate of drug-likeness (QED) is 0.553. The summed E-state index contributed by atoms with van der Waals surface area (Å²) in [6.45, 7) is 2.01. The number of hydrogen-bond acceptors (Lipinski definition) is 2. The third-order valence-corrected chi connectivity index (χ3v) is 1.82. The molecule has 0 aromatic heterocycles. The standard InChI is InChI=1S/C10H13NO2/c1-9(13)11(8-12)7-10-5-3-2-4-6-10/h2-6,8-9,13H,7H2,1H3. The van der Waals surface area contributed by atoms with Gasteiger partial charge in [0.25, 0.3) is 0 Å². The van der Waals surface area contributed by atoms with Crippen LogP contribution in [0, 0.1) is 0 Å². The lowest BCUT2D eigenvalue weighted by molar-refractivity contribution is -0.127. The predicted octanol–water partition coefficient (Wildman–Crippen LogP) is 0.983. The Morgan fingerprint density at radius 3 is 2.54 bits per heavy atom. The van der Waals surface area contributed by atoms with Gasteiger partial charge in [-0.05, 0) is 12.5 Å². The molecule has 70 valence electrons. The first-order valence-electron chi connectivity index (χ1n) is 4.17. The zero-order valence-corrected chi connectivity index (χ0v) is 7.55. The van der Waals surface area contributed by atoms with Crippen molar-refractivity contribution >= 4 is 6.41 Å². The van der Waals surface area contributed by atoms with E-state index in [1.807, 2.05) is 30.3 Å². The van der Waals surface area contributed by atoms with Gasteiger partial charge in [0.05, 0.1) is 0 Å². The van der Waals surface area contributed by atoms with E-state index in [1.54, 1.807) is 6.92 Å². The SMILES string of the molecule is CC(O)N(C=O)Cc1ccccc1. The maximum atomic E-state index is 10.5. The van der Waals surface area contributed by atoms with E-state index in [0.29, 0.717) is 13.0 Å². The van der Waals surface area contributed by atoms with E-state index in [1.165, 1.54) is 4.90 Å². The van der Waals surface area contributed by atoms with Gasteiger partial charge < -0.3 is 10.0 Å². The Kier molecular flexibility index (Phi) is 3.46. The van der Waals surface area contributed by atoms with Crippen LogP contribution in [0.1, 0.15) is 12.5 Å². The molecule has 1 unspecified atom stereocenters. The van der Waals surface area contributed by atoms with Crippen molar-refractivity contribution in [2.75, 3.05) is 0 Å². The topological polar surface area (TPSA) is 40.5 Å². The first-order valence-corrected chi connectivity index (χ1v) is 4.17. The molecule has 0 bridgehead atoms. The Hall–Kier alpha value is -1.35. The van der Waals surface area contributed by atoms with Gasteiger partial charge in [-0.1, -0.05) is 30.3 Å². The van der Waals surface area contributed by atoms with E-state index in [2.05, 4.69) is 0 Å². The maximum absolute atomic E-state index is 10.5. The van der Waals surface area contributed by atoms with Gasteiger partial charge in [0.2, 0.25) is 6.41 Å². The molecule has 0 aliphatic carbocycles. The molecule has 1 rings (SSSR count). The van der Waals surface area contributed by atoms with Crippen molar-refractivity contribution in [2.24, 2.45) is 0 Å². The number of hydrogen-bond donors (Lipinski definition) is 1. The normalized spacial score (nSPS) is 12.2. The molecule has 3 heteroatoms. The molecule has 13 heavy (non-hydrogen) atoms. The number of aliphatic hydroxyl groups excluding tert-OH is 1. The molecule has 1 amide bonds. The zero-order valence-electron chi connectivity index (χ0n) is 7.55. The second-order valence-corrected chi connectivity index (χ2v) is 2.90. The fourth-order valence-electron chi connectivity index (χ4n) is 1.05. The number of aliphatic hydroxyl groups is 1. The Labute approximate surface area is 77.6 Å². The van der Waals surface area contributed by atoms with Crippen LogP contribution in [-0.4, -0.2) is 22.6 Å². The summed E-state index contributed by atoms with van der Waals surface area (Å²) < 4.78 is 0. The number of carbonyl (C=O) groups is 1. The van der Waals surface area contributed by atoms with Crippen molar-refractivity contribution < 1.29 is 9.90 Å². The molecule has 0 heterocycles. The Bertz CT molecular complexity index is 259. The summed E-state index contributed by atoms with van der Waals surface area (Å²) >= 11 is 0. The Balaban J connectivity index is 2.62. The third kappa shape index (κ3) is 2.87. The minimum Gasteiger partial charge on any atom is -0.374 e. The molecule has 1 aromatic rings. The lowest BCUT2D eigenvalue weighted by Gasteiger charge is -2.20. The van der Waals surface area contributed by atoms with Gasteiger partial charge in [0, 0.05) is 6.54 Å². The molecule has 1 atom stereocenters. The van der Waals surface area contributed by atoms with Crippen molar-refractivity contribution in [1.82, 2.24) is 4.90 Å². The molecule has 1 N–H and O–H groups in total. The Morgan fingerprint density at radius 1 is 1.46 bits per heavy atom. The van der Waals surface area contributed by atoms with Crippen LogP contribution >= 0.6 is 0 Å². The van der Waals surface area contributed by atoms with Gasteiger partial charge >= 0.3 is 0 Å². The van der Waals surface area contributed by atoms with Crippen LogP contribution in [0.2, 0.25) is 0 Å². The van der Waals surface area contributed by atoms with Crippen molar-refractivity contribution in [3.8, 4) is 0 Å². The van der Waals surface area contributed by atoms with Crippen molar-refractivity contribution in [3.63, 3.8) is 0 Å². The fourth-order valence-corrected chi connectivity index (χ4v) is 1.05. The van der Waals surface area contributed by atoms with Crippen LogP contribution in [-0.2, 0) is 11.3 Å². The zero-order chi connectivity index (χ0) is 9.68. The number of rotatable bonds is 4. The molecule has 0 spiro atoms. The average molecular weight is 179 g/mol. The van der Waals surface area contributed by atoms with E-state index >= 15 is 0 Å². The molecular formula is C10H13NO2. The van der Waals surface area contributed by atoms with Gasteiger partial charge in [0.1, 0.15) is 6.23 Å². The van der Waals surface area contributed by atoms with Crippen LogP contribution < -0.4 is 0 Å². The third-order valence-electron chi connectivity index (χ3n) is 1.82. The van der Waals surface area contributed by atoms with Crippen LogP contribution in [0.4, 0.5) is 0 Å². The second-order valence-electron chi connectivity index (χ2n) is 2.90. The molecule has 0 saturated heterocycles. The molecule has 0 aliphatic rings. The number of benzene rings is 1. The Morgan fingerprint density at radius 2 is 2.08 bits per heavy atom. The van der Waals surface area contributed by atoms with Gasteiger partial charge in [-0.25, -0.2) is 0 Å². The minimum atomic E-state index is -0.738. The molecule has 0 radical (unpaired) electrons. The van der Waals surface area contributed by atoms with E-state index in [0.717, 1.165) is 5.56 Å². The molecule has 1 aromatic carbocycles. The highest BCUT2D eigenvalue weighted by atomic mass is 16.3. The minimum absolute atomic E-state index is 0.446. The van der Waals surface area contributed by atoms with Crippen molar-refractivity contribution in [1.29, 1.82) is 0 Å². The summed E-state index contributed by atoms with van der Waals surface area (Å²) in [5.41, 5.74) is 1.01. The van der Waals surface area contributed by atoms with E-state index in [4.69, 9.17) is 5.11 Å². The lowest BCUT2D eigenvalue weighted by atomic mass is 10.2. The summed E-state index contributed by atoms with van der Waals surface area (Å²) in [4.78, 5) is 11.8. The van der Waals surface area contributed by atoms with Gasteiger partial charge in [-0.3, -0.25) is 4.79 Å². The van der Waals surface area contributed by atoms with E-state index < -0.39 is 6.23 Å². The van der Waals surface area contributed by atoms with Gasteiger partial charge in [-0.2, -0.15) is 0 Å². The first kappa shape index (κ1) is 9.74. The highest BCUT2D eigenvalue weighted by Gasteiger charge is 2.07. The smallest absolute Gasteiger partial charge is 0.212 e. The summed E-state index contributed by atoms with van der Waals surface area (Å²) in [6.07, 6.45) is -0.0878.